The van der Waals surface area contributed by atoms with E-state index >= 15 is 0 Å². The first-order valence-electron chi connectivity index (χ1n) is 6.50. The maximum Gasteiger partial charge on any atom is 0.285 e. The van der Waals surface area contributed by atoms with Crippen LogP contribution in [0.3, 0.4) is 0 Å². The highest BCUT2D eigenvalue weighted by molar-refractivity contribution is 5.99. The van der Waals surface area contributed by atoms with Crippen molar-refractivity contribution >= 4 is 17.3 Å². The standard InChI is InChI=1S/C13H18FN3O4/c1-3-4-15-11-7-9(13(19)16(2)5-6-18)12(17(20)21)8-10(11)14/h7-8,15,18H,3-6H2,1-2H3. The van der Waals surface area contributed by atoms with Crippen molar-refractivity contribution in [2.24, 2.45) is 0 Å². The number of carbonyl (C=O) groups is 1. The molecule has 0 heterocycles. The normalized spacial score (nSPS) is 10.3. The molecule has 1 aromatic carbocycles. The molecule has 1 aromatic rings. The molecule has 0 saturated heterocycles. The van der Waals surface area contributed by atoms with Gasteiger partial charge >= 0.3 is 0 Å². The van der Waals surface area contributed by atoms with Crippen molar-refractivity contribution in [1.82, 2.24) is 4.90 Å². The summed E-state index contributed by atoms with van der Waals surface area (Å²) in [6.07, 6.45) is 0.740. The molecule has 21 heavy (non-hydrogen) atoms. The van der Waals surface area contributed by atoms with Crippen molar-refractivity contribution in [2.45, 2.75) is 13.3 Å². The fourth-order valence-corrected chi connectivity index (χ4v) is 1.74. The highest BCUT2D eigenvalue weighted by Gasteiger charge is 2.25. The molecule has 0 aromatic heterocycles. The van der Waals surface area contributed by atoms with Gasteiger partial charge in [0.1, 0.15) is 5.56 Å². The number of aliphatic hydroxyl groups excluding tert-OH is 1. The number of amides is 1. The molecule has 2 N–H and O–H groups in total. The van der Waals surface area contributed by atoms with E-state index in [1.807, 2.05) is 6.92 Å². The van der Waals surface area contributed by atoms with Gasteiger partial charge in [0.2, 0.25) is 0 Å². The second kappa shape index (κ2) is 7.53. The summed E-state index contributed by atoms with van der Waals surface area (Å²) in [4.78, 5) is 23.5. The molecule has 7 nitrogen and oxygen atoms in total. The summed E-state index contributed by atoms with van der Waals surface area (Å²) in [6.45, 7) is 2.13. The third-order valence-electron chi connectivity index (χ3n) is 2.86. The number of aliphatic hydroxyl groups is 1. The number of hydrogen-bond donors (Lipinski definition) is 2. The molecule has 1 amide bonds. The van der Waals surface area contributed by atoms with Crippen LogP contribution in [0.4, 0.5) is 15.8 Å². The van der Waals surface area contributed by atoms with E-state index in [0.717, 1.165) is 23.5 Å². The topological polar surface area (TPSA) is 95.7 Å². The fourth-order valence-electron chi connectivity index (χ4n) is 1.74. The van der Waals surface area contributed by atoms with Crippen LogP contribution in [0.15, 0.2) is 12.1 Å². The summed E-state index contributed by atoms with van der Waals surface area (Å²) in [5.41, 5.74) is -0.761. The Morgan fingerprint density at radius 2 is 2.19 bits per heavy atom. The van der Waals surface area contributed by atoms with Gasteiger partial charge in [-0.1, -0.05) is 6.92 Å². The largest absolute Gasteiger partial charge is 0.395 e. The lowest BCUT2D eigenvalue weighted by molar-refractivity contribution is -0.385. The monoisotopic (exact) mass is 299 g/mol. The quantitative estimate of drug-likeness (QED) is 0.589. The lowest BCUT2D eigenvalue weighted by Crippen LogP contribution is -2.30. The van der Waals surface area contributed by atoms with Gasteiger partial charge in [0.05, 0.1) is 23.3 Å². The molecule has 1 rings (SSSR count). The number of nitrogens with zero attached hydrogens (tertiary/aromatic N) is 2. The van der Waals surface area contributed by atoms with E-state index in [1.165, 1.54) is 7.05 Å². The van der Waals surface area contributed by atoms with Gasteiger partial charge < -0.3 is 15.3 Å². The fraction of sp³-hybridized carbons (Fsp3) is 0.462. The number of halogens is 1. The predicted octanol–water partition coefficient (Wildman–Crippen LogP) is 1.62. The van der Waals surface area contributed by atoms with Gasteiger partial charge in [-0.3, -0.25) is 14.9 Å². The van der Waals surface area contributed by atoms with Crippen LogP contribution in [0.2, 0.25) is 0 Å². The average Bonchev–Trinajstić information content (AvgIpc) is 2.45. The van der Waals surface area contributed by atoms with Crippen LogP contribution >= 0.6 is 0 Å². The average molecular weight is 299 g/mol. The molecular formula is C13H18FN3O4. The first kappa shape index (κ1) is 16.8. The number of nitrogens with one attached hydrogen (secondary N) is 1. The summed E-state index contributed by atoms with van der Waals surface area (Å²) in [7, 11) is 1.41. The molecule has 0 unspecified atom stereocenters. The highest BCUT2D eigenvalue weighted by atomic mass is 19.1. The van der Waals surface area contributed by atoms with E-state index in [4.69, 9.17) is 5.11 Å². The Kier molecular flexibility index (Phi) is 6.04. The van der Waals surface area contributed by atoms with E-state index < -0.39 is 22.3 Å². The van der Waals surface area contributed by atoms with Crippen LogP contribution in [-0.2, 0) is 0 Å². The van der Waals surface area contributed by atoms with E-state index in [9.17, 15) is 19.3 Å². The summed E-state index contributed by atoms with van der Waals surface area (Å²) in [5.74, 6) is -1.42. The Balaban J connectivity index is 3.25. The van der Waals surface area contributed by atoms with E-state index in [0.29, 0.717) is 6.54 Å². The van der Waals surface area contributed by atoms with Gasteiger partial charge in [-0.05, 0) is 12.5 Å². The number of hydrogen-bond acceptors (Lipinski definition) is 5. The first-order valence-corrected chi connectivity index (χ1v) is 6.50. The van der Waals surface area contributed by atoms with Gasteiger partial charge in [-0.15, -0.1) is 0 Å². The lowest BCUT2D eigenvalue weighted by Gasteiger charge is -2.16. The second-order valence-electron chi connectivity index (χ2n) is 4.48. The van der Waals surface area contributed by atoms with Crippen LogP contribution < -0.4 is 5.32 Å². The molecule has 0 bridgehead atoms. The minimum absolute atomic E-state index is 0.0328. The Morgan fingerprint density at radius 1 is 1.52 bits per heavy atom. The Bertz CT molecular complexity index is 536. The molecule has 0 aliphatic rings. The van der Waals surface area contributed by atoms with Crippen LogP contribution in [0.5, 0.6) is 0 Å². The molecule has 8 heteroatoms. The highest BCUT2D eigenvalue weighted by Crippen LogP contribution is 2.27. The van der Waals surface area contributed by atoms with E-state index in [1.54, 1.807) is 0 Å². The number of carbonyl (C=O) groups excluding carboxylic acids is 1. The van der Waals surface area contributed by atoms with Gasteiger partial charge in [0.15, 0.2) is 5.82 Å². The van der Waals surface area contributed by atoms with Gasteiger partial charge in [-0.25, -0.2) is 4.39 Å². The number of benzene rings is 1. The molecule has 0 radical (unpaired) electrons. The second-order valence-corrected chi connectivity index (χ2v) is 4.48. The summed E-state index contributed by atoms with van der Waals surface area (Å²) in [5, 5.41) is 22.6. The Morgan fingerprint density at radius 3 is 2.71 bits per heavy atom. The van der Waals surface area contributed by atoms with Crippen LogP contribution in [0.25, 0.3) is 0 Å². The predicted molar refractivity (Wildman–Crippen MR) is 75.9 cm³/mol. The molecule has 0 fully saturated rings. The number of likely N-dealkylation sites (N-methyl/N-ethyl adjacent to an activating group) is 1. The smallest absolute Gasteiger partial charge is 0.285 e. The summed E-state index contributed by atoms with van der Waals surface area (Å²) in [6, 6.07) is 1.87. The molecule has 0 saturated carbocycles. The molecule has 0 aliphatic heterocycles. The van der Waals surface area contributed by atoms with Gasteiger partial charge in [0, 0.05) is 20.1 Å². The minimum Gasteiger partial charge on any atom is -0.395 e. The van der Waals surface area contributed by atoms with E-state index in [2.05, 4.69) is 5.32 Å². The number of rotatable bonds is 7. The number of anilines is 1. The van der Waals surface area contributed by atoms with Gasteiger partial charge in [-0.2, -0.15) is 0 Å². The Hall–Kier alpha value is -2.22. The van der Waals surface area contributed by atoms with Crippen molar-refractivity contribution in [3.63, 3.8) is 0 Å². The van der Waals surface area contributed by atoms with Crippen LogP contribution in [0.1, 0.15) is 23.7 Å². The van der Waals surface area contributed by atoms with Crippen molar-refractivity contribution < 1.29 is 19.2 Å². The minimum atomic E-state index is -0.799. The zero-order chi connectivity index (χ0) is 16.0. The van der Waals surface area contributed by atoms with Crippen molar-refractivity contribution in [2.75, 3.05) is 32.1 Å². The van der Waals surface area contributed by atoms with E-state index in [-0.39, 0.29) is 24.4 Å². The molecule has 0 aliphatic carbocycles. The third kappa shape index (κ3) is 4.12. The van der Waals surface area contributed by atoms with Crippen molar-refractivity contribution in [3.8, 4) is 0 Å². The molecular weight excluding hydrogens is 281 g/mol. The van der Waals surface area contributed by atoms with Crippen molar-refractivity contribution in [3.05, 3.63) is 33.6 Å². The molecule has 0 atom stereocenters. The zero-order valence-corrected chi connectivity index (χ0v) is 11.9. The Labute approximate surface area is 121 Å². The number of nitro groups is 1. The van der Waals surface area contributed by atoms with Crippen molar-refractivity contribution in [1.29, 1.82) is 0 Å². The SMILES string of the molecule is CCCNc1cc(C(=O)N(C)CCO)c([N+](=O)[O-])cc1F. The zero-order valence-electron chi connectivity index (χ0n) is 11.9. The third-order valence-corrected chi connectivity index (χ3v) is 2.86. The maximum atomic E-state index is 13.8. The van der Waals surface area contributed by atoms with Crippen LogP contribution in [-0.4, -0.2) is 47.6 Å². The summed E-state index contributed by atoms with van der Waals surface area (Å²) < 4.78 is 13.8. The number of nitro benzene ring substituents is 1. The molecule has 0 spiro atoms. The molecule has 116 valence electrons. The lowest BCUT2D eigenvalue weighted by atomic mass is 10.1. The van der Waals surface area contributed by atoms with Crippen LogP contribution in [0, 0.1) is 15.9 Å². The van der Waals surface area contributed by atoms with Gasteiger partial charge in [0.25, 0.3) is 11.6 Å². The summed E-state index contributed by atoms with van der Waals surface area (Å²) >= 11 is 0. The first-order chi connectivity index (χ1) is 9.92. The maximum absolute atomic E-state index is 13.8.